The molecule has 0 aliphatic heterocycles. The third kappa shape index (κ3) is 3.71. The molecule has 0 bridgehead atoms. The number of carbonyl (C=O) groups is 1. The van der Waals surface area contributed by atoms with Crippen molar-refractivity contribution in [2.24, 2.45) is 0 Å². The van der Waals surface area contributed by atoms with Crippen LogP contribution < -0.4 is 4.90 Å². The van der Waals surface area contributed by atoms with E-state index < -0.39 is 5.97 Å². The van der Waals surface area contributed by atoms with Gasteiger partial charge in [-0.15, -0.1) is 0 Å². The highest BCUT2D eigenvalue weighted by Gasteiger charge is 2.14. The van der Waals surface area contributed by atoms with E-state index in [2.05, 4.69) is 4.98 Å². The molecule has 0 saturated heterocycles. The van der Waals surface area contributed by atoms with Crippen molar-refractivity contribution in [3.8, 4) is 0 Å². The summed E-state index contributed by atoms with van der Waals surface area (Å²) in [5.74, 6) is -0.953. The van der Waals surface area contributed by atoms with Crippen LogP contribution in [0.2, 0.25) is 0 Å². The fourth-order valence-electron chi connectivity index (χ4n) is 1.59. The van der Waals surface area contributed by atoms with Gasteiger partial charge in [-0.1, -0.05) is 0 Å². The van der Waals surface area contributed by atoms with Crippen molar-refractivity contribution >= 4 is 11.7 Å². The Morgan fingerprint density at radius 2 is 2.29 bits per heavy atom. The SMILES string of the molecule is COCCCN(C)c1cc(C)ncc1C(=O)O. The first-order valence-electron chi connectivity index (χ1n) is 5.46. The van der Waals surface area contributed by atoms with Gasteiger partial charge in [0.05, 0.1) is 5.69 Å². The van der Waals surface area contributed by atoms with Gasteiger partial charge in [0.25, 0.3) is 0 Å². The van der Waals surface area contributed by atoms with E-state index in [1.165, 1.54) is 6.20 Å². The van der Waals surface area contributed by atoms with Gasteiger partial charge in [0.2, 0.25) is 0 Å². The van der Waals surface area contributed by atoms with E-state index in [0.29, 0.717) is 12.3 Å². The van der Waals surface area contributed by atoms with Crippen molar-refractivity contribution in [1.82, 2.24) is 4.98 Å². The minimum absolute atomic E-state index is 0.232. The summed E-state index contributed by atoms with van der Waals surface area (Å²) in [6.07, 6.45) is 2.26. The first-order valence-corrected chi connectivity index (χ1v) is 5.46. The number of aromatic nitrogens is 1. The zero-order valence-electron chi connectivity index (χ0n) is 10.4. The van der Waals surface area contributed by atoms with Crippen LogP contribution in [0.4, 0.5) is 5.69 Å². The number of hydrogen-bond donors (Lipinski definition) is 1. The second-order valence-electron chi connectivity index (χ2n) is 3.92. The molecule has 0 atom stereocenters. The third-order valence-corrected chi connectivity index (χ3v) is 2.50. The number of ether oxygens (including phenoxy) is 1. The summed E-state index contributed by atoms with van der Waals surface area (Å²) in [7, 11) is 3.52. The summed E-state index contributed by atoms with van der Waals surface area (Å²) >= 11 is 0. The smallest absolute Gasteiger partial charge is 0.339 e. The van der Waals surface area contributed by atoms with Gasteiger partial charge in [0.15, 0.2) is 0 Å². The molecule has 0 saturated carbocycles. The molecule has 1 aromatic rings. The van der Waals surface area contributed by atoms with Crippen LogP contribution in [0.3, 0.4) is 0 Å². The molecule has 94 valence electrons. The van der Waals surface area contributed by atoms with Gasteiger partial charge in [-0.2, -0.15) is 0 Å². The van der Waals surface area contributed by atoms with Crippen molar-refractivity contribution < 1.29 is 14.6 Å². The average molecular weight is 238 g/mol. The molecule has 0 aromatic carbocycles. The lowest BCUT2D eigenvalue weighted by Gasteiger charge is -2.21. The van der Waals surface area contributed by atoms with Crippen LogP contribution in [-0.2, 0) is 4.74 Å². The number of anilines is 1. The first-order chi connectivity index (χ1) is 8.06. The highest BCUT2D eigenvalue weighted by atomic mass is 16.5. The third-order valence-electron chi connectivity index (χ3n) is 2.50. The Balaban J connectivity index is 2.86. The molecule has 0 aliphatic rings. The second kappa shape index (κ2) is 6.20. The van der Waals surface area contributed by atoms with Crippen molar-refractivity contribution in [3.05, 3.63) is 23.5 Å². The first kappa shape index (κ1) is 13.4. The van der Waals surface area contributed by atoms with Crippen molar-refractivity contribution in [3.63, 3.8) is 0 Å². The van der Waals surface area contributed by atoms with E-state index in [9.17, 15) is 4.79 Å². The summed E-state index contributed by atoms with van der Waals surface area (Å²) in [6, 6.07) is 1.79. The highest BCUT2D eigenvalue weighted by Crippen LogP contribution is 2.19. The molecule has 0 fully saturated rings. The lowest BCUT2D eigenvalue weighted by atomic mass is 10.2. The van der Waals surface area contributed by atoms with Crippen LogP contribution >= 0.6 is 0 Å². The Morgan fingerprint density at radius 3 is 2.88 bits per heavy atom. The molecular weight excluding hydrogens is 220 g/mol. The molecule has 0 radical (unpaired) electrons. The van der Waals surface area contributed by atoms with Crippen LogP contribution in [0.15, 0.2) is 12.3 Å². The molecule has 17 heavy (non-hydrogen) atoms. The second-order valence-corrected chi connectivity index (χ2v) is 3.92. The van der Waals surface area contributed by atoms with Crippen molar-refractivity contribution in [2.45, 2.75) is 13.3 Å². The molecular formula is C12H18N2O3. The Kier molecular flexibility index (Phi) is 4.90. The molecule has 0 amide bonds. The van der Waals surface area contributed by atoms with E-state index in [1.807, 2.05) is 18.9 Å². The summed E-state index contributed by atoms with van der Waals surface area (Å²) in [5, 5.41) is 9.09. The molecule has 0 spiro atoms. The van der Waals surface area contributed by atoms with Crippen LogP contribution in [0.25, 0.3) is 0 Å². The Bertz CT molecular complexity index is 393. The molecule has 5 nitrogen and oxygen atoms in total. The standard InChI is InChI=1S/C12H18N2O3/c1-9-7-11(10(8-13-9)12(15)16)14(2)5-4-6-17-3/h7-8H,4-6H2,1-3H3,(H,15,16). The van der Waals surface area contributed by atoms with E-state index in [4.69, 9.17) is 9.84 Å². The largest absolute Gasteiger partial charge is 0.478 e. The van der Waals surface area contributed by atoms with Gasteiger partial charge in [-0.3, -0.25) is 4.98 Å². The normalized spacial score (nSPS) is 10.3. The van der Waals surface area contributed by atoms with E-state index in [-0.39, 0.29) is 5.56 Å². The Morgan fingerprint density at radius 1 is 1.59 bits per heavy atom. The summed E-state index contributed by atoms with van der Waals surface area (Å²) in [4.78, 5) is 17.0. The fourth-order valence-corrected chi connectivity index (χ4v) is 1.59. The maximum absolute atomic E-state index is 11.1. The van der Waals surface area contributed by atoms with Gasteiger partial charge in [0.1, 0.15) is 5.56 Å². The maximum atomic E-state index is 11.1. The molecule has 5 heteroatoms. The summed E-state index contributed by atoms with van der Waals surface area (Å²) in [6.45, 7) is 3.26. The number of carboxylic acids is 1. The molecule has 0 unspecified atom stereocenters. The summed E-state index contributed by atoms with van der Waals surface area (Å²) < 4.78 is 4.97. The quantitative estimate of drug-likeness (QED) is 0.762. The zero-order chi connectivity index (χ0) is 12.8. The van der Waals surface area contributed by atoms with Crippen LogP contribution in [0.5, 0.6) is 0 Å². The van der Waals surface area contributed by atoms with E-state index in [1.54, 1.807) is 13.2 Å². The number of pyridine rings is 1. The summed E-state index contributed by atoms with van der Waals surface area (Å²) in [5.41, 5.74) is 1.74. The predicted molar refractivity (Wildman–Crippen MR) is 65.7 cm³/mol. The molecule has 1 rings (SSSR count). The lowest BCUT2D eigenvalue weighted by molar-refractivity contribution is 0.0697. The Hall–Kier alpha value is -1.62. The topological polar surface area (TPSA) is 62.7 Å². The predicted octanol–water partition coefficient (Wildman–Crippen LogP) is 1.56. The minimum Gasteiger partial charge on any atom is -0.478 e. The van der Waals surface area contributed by atoms with Gasteiger partial charge in [-0.25, -0.2) is 4.79 Å². The van der Waals surface area contributed by atoms with E-state index in [0.717, 1.165) is 18.7 Å². The van der Waals surface area contributed by atoms with Gasteiger partial charge >= 0.3 is 5.97 Å². The molecule has 1 aromatic heterocycles. The lowest BCUT2D eigenvalue weighted by Crippen LogP contribution is -2.22. The molecule has 1 heterocycles. The number of nitrogens with zero attached hydrogens (tertiary/aromatic N) is 2. The monoisotopic (exact) mass is 238 g/mol. The van der Waals surface area contributed by atoms with Gasteiger partial charge < -0.3 is 14.7 Å². The van der Waals surface area contributed by atoms with Gasteiger partial charge in [-0.05, 0) is 19.4 Å². The highest BCUT2D eigenvalue weighted by molar-refractivity contribution is 5.94. The average Bonchev–Trinajstić information content (AvgIpc) is 2.28. The number of aromatic carboxylic acids is 1. The van der Waals surface area contributed by atoms with Crippen LogP contribution in [-0.4, -0.2) is 43.4 Å². The molecule has 1 N–H and O–H groups in total. The fraction of sp³-hybridized carbons (Fsp3) is 0.500. The van der Waals surface area contributed by atoms with Gasteiger partial charge in [0, 0.05) is 39.2 Å². The van der Waals surface area contributed by atoms with E-state index >= 15 is 0 Å². The number of aryl methyl sites for hydroxylation is 1. The van der Waals surface area contributed by atoms with Crippen molar-refractivity contribution in [2.75, 3.05) is 32.2 Å². The molecule has 0 aliphatic carbocycles. The zero-order valence-corrected chi connectivity index (χ0v) is 10.4. The van der Waals surface area contributed by atoms with Crippen molar-refractivity contribution in [1.29, 1.82) is 0 Å². The number of rotatable bonds is 6. The number of methoxy groups -OCH3 is 1. The number of carboxylic acid groups (broad SMARTS) is 1. The van der Waals surface area contributed by atoms with Crippen LogP contribution in [0, 0.1) is 6.92 Å². The maximum Gasteiger partial charge on any atom is 0.339 e. The minimum atomic E-state index is -0.953. The van der Waals surface area contributed by atoms with Crippen LogP contribution in [0.1, 0.15) is 22.5 Å². The Labute approximate surface area is 101 Å². The number of hydrogen-bond acceptors (Lipinski definition) is 4.